The van der Waals surface area contributed by atoms with Gasteiger partial charge in [-0.05, 0) is 56.3 Å². The third-order valence-corrected chi connectivity index (χ3v) is 4.19. The zero-order valence-corrected chi connectivity index (χ0v) is 15.3. The largest absolute Gasteiger partial charge is 0.321 e. The van der Waals surface area contributed by atoms with Crippen molar-refractivity contribution in [3.8, 4) is 17.1 Å². The van der Waals surface area contributed by atoms with E-state index in [1.807, 2.05) is 26.0 Å². The van der Waals surface area contributed by atoms with Crippen LogP contribution in [0.3, 0.4) is 0 Å². The van der Waals surface area contributed by atoms with Gasteiger partial charge in [0.2, 0.25) is 0 Å². The molecule has 140 valence electrons. The smallest absolute Gasteiger partial charge is 0.273 e. The Morgan fingerprint density at radius 3 is 2.64 bits per heavy atom. The molecule has 1 aromatic carbocycles. The average Bonchev–Trinajstić information content (AvgIpc) is 3.29. The molecule has 7 nitrogen and oxygen atoms in total. The number of nitrogens with zero attached hydrogens (tertiary/aromatic N) is 4. The lowest BCUT2D eigenvalue weighted by molar-refractivity contribution is 0.102. The third kappa shape index (κ3) is 3.39. The Labute approximate surface area is 160 Å². The van der Waals surface area contributed by atoms with Gasteiger partial charge in [0, 0.05) is 17.6 Å². The van der Waals surface area contributed by atoms with Crippen LogP contribution < -0.4 is 5.32 Å². The van der Waals surface area contributed by atoms with Gasteiger partial charge < -0.3 is 5.32 Å². The van der Waals surface area contributed by atoms with Crippen molar-refractivity contribution in [3.05, 3.63) is 77.6 Å². The molecule has 0 saturated carbocycles. The topological polar surface area (TPSA) is 88.5 Å². The highest BCUT2D eigenvalue weighted by molar-refractivity contribution is 6.03. The molecule has 0 fully saturated rings. The van der Waals surface area contributed by atoms with Gasteiger partial charge in [0.05, 0.1) is 11.4 Å². The van der Waals surface area contributed by atoms with E-state index < -0.39 is 11.7 Å². The zero-order chi connectivity index (χ0) is 19.7. The van der Waals surface area contributed by atoms with E-state index in [0.717, 1.165) is 11.4 Å². The first-order valence-corrected chi connectivity index (χ1v) is 8.62. The van der Waals surface area contributed by atoms with Crippen LogP contribution in [-0.2, 0) is 0 Å². The molecule has 0 bridgehead atoms. The molecule has 4 aromatic rings. The maximum Gasteiger partial charge on any atom is 0.273 e. The predicted octanol–water partition coefficient (Wildman–Crippen LogP) is 3.67. The molecule has 3 aromatic heterocycles. The fraction of sp³-hybridized carbons (Fsp3) is 0.100. The molecule has 0 aliphatic carbocycles. The first-order valence-electron chi connectivity index (χ1n) is 8.62. The molecule has 2 N–H and O–H groups in total. The fourth-order valence-electron chi connectivity index (χ4n) is 2.91. The van der Waals surface area contributed by atoms with E-state index in [2.05, 4.69) is 25.6 Å². The number of hydrogen-bond donors (Lipinski definition) is 2. The lowest BCUT2D eigenvalue weighted by atomic mass is 10.2. The summed E-state index contributed by atoms with van der Waals surface area (Å²) in [6, 6.07) is 13.4. The molecular weight excluding hydrogens is 359 g/mol. The van der Waals surface area contributed by atoms with Gasteiger partial charge >= 0.3 is 0 Å². The SMILES string of the molecule is Cc1cc(C)n(-c2ccc(NC(=O)c3cc(-c4ccccn4)n[nH]3)cc2F)n1. The van der Waals surface area contributed by atoms with Crippen LogP contribution in [0.1, 0.15) is 21.9 Å². The molecule has 3 heterocycles. The van der Waals surface area contributed by atoms with Gasteiger partial charge in [-0.15, -0.1) is 0 Å². The molecule has 4 rings (SSSR count). The molecule has 0 aliphatic heterocycles. The summed E-state index contributed by atoms with van der Waals surface area (Å²) in [6.45, 7) is 3.70. The van der Waals surface area contributed by atoms with Crippen molar-refractivity contribution >= 4 is 11.6 Å². The maximum absolute atomic E-state index is 14.6. The molecule has 28 heavy (non-hydrogen) atoms. The number of hydrogen-bond acceptors (Lipinski definition) is 4. The second-order valence-electron chi connectivity index (χ2n) is 6.34. The van der Waals surface area contributed by atoms with Gasteiger partial charge in [-0.3, -0.25) is 14.9 Å². The minimum Gasteiger partial charge on any atom is -0.321 e. The molecular formula is C20H17FN6O. The Morgan fingerprint density at radius 1 is 1.11 bits per heavy atom. The highest BCUT2D eigenvalue weighted by atomic mass is 19.1. The van der Waals surface area contributed by atoms with E-state index in [0.29, 0.717) is 22.8 Å². The summed E-state index contributed by atoms with van der Waals surface area (Å²) in [5.41, 5.74) is 3.74. The number of aryl methyl sites for hydroxylation is 2. The Bertz CT molecular complexity index is 1150. The van der Waals surface area contributed by atoms with Gasteiger partial charge in [0.15, 0.2) is 5.82 Å². The Balaban J connectivity index is 1.53. The van der Waals surface area contributed by atoms with Crippen LogP contribution in [-0.4, -0.2) is 30.9 Å². The highest BCUT2D eigenvalue weighted by Crippen LogP contribution is 2.21. The van der Waals surface area contributed by atoms with Crippen LogP contribution in [0.25, 0.3) is 17.1 Å². The van der Waals surface area contributed by atoms with Crippen molar-refractivity contribution in [2.75, 3.05) is 5.32 Å². The van der Waals surface area contributed by atoms with E-state index >= 15 is 0 Å². The summed E-state index contributed by atoms with van der Waals surface area (Å²) in [5.74, 6) is -0.907. The van der Waals surface area contributed by atoms with Crippen molar-refractivity contribution < 1.29 is 9.18 Å². The number of carbonyl (C=O) groups is 1. The summed E-state index contributed by atoms with van der Waals surface area (Å²) in [4.78, 5) is 16.6. The molecule has 0 radical (unpaired) electrons. The number of carbonyl (C=O) groups excluding carboxylic acids is 1. The number of halogens is 1. The standard InChI is InChI=1S/C20H17FN6O/c1-12-9-13(2)27(26-12)19-7-6-14(10-15(19)21)23-20(28)18-11-17(24-25-18)16-5-3-4-8-22-16/h3-11H,1-2H3,(H,23,28)(H,24,25). The Morgan fingerprint density at radius 2 is 1.96 bits per heavy atom. The number of amides is 1. The number of H-pyrrole nitrogens is 1. The van der Waals surface area contributed by atoms with Crippen molar-refractivity contribution in [1.82, 2.24) is 25.0 Å². The van der Waals surface area contributed by atoms with Crippen LogP contribution >= 0.6 is 0 Å². The summed E-state index contributed by atoms with van der Waals surface area (Å²) >= 11 is 0. The number of aromatic amines is 1. The molecule has 8 heteroatoms. The monoisotopic (exact) mass is 376 g/mol. The third-order valence-electron chi connectivity index (χ3n) is 4.19. The predicted molar refractivity (Wildman–Crippen MR) is 103 cm³/mol. The van der Waals surface area contributed by atoms with E-state index in [1.54, 1.807) is 36.5 Å². The van der Waals surface area contributed by atoms with Crippen LogP contribution in [0, 0.1) is 19.7 Å². The van der Waals surface area contributed by atoms with Crippen LogP contribution in [0.4, 0.5) is 10.1 Å². The maximum atomic E-state index is 14.6. The van der Waals surface area contributed by atoms with E-state index in [4.69, 9.17) is 0 Å². The molecule has 0 spiro atoms. The van der Waals surface area contributed by atoms with Crippen molar-refractivity contribution in [2.45, 2.75) is 13.8 Å². The van der Waals surface area contributed by atoms with Crippen molar-refractivity contribution in [1.29, 1.82) is 0 Å². The summed E-state index contributed by atoms with van der Waals surface area (Å²) < 4.78 is 16.1. The van der Waals surface area contributed by atoms with Crippen LogP contribution in [0.5, 0.6) is 0 Å². The molecule has 0 saturated heterocycles. The minimum absolute atomic E-state index is 0.253. The van der Waals surface area contributed by atoms with E-state index in [1.165, 1.54) is 10.7 Å². The summed E-state index contributed by atoms with van der Waals surface area (Å²) in [6.07, 6.45) is 1.65. The lowest BCUT2D eigenvalue weighted by Crippen LogP contribution is -2.13. The van der Waals surface area contributed by atoms with Gasteiger partial charge in [-0.25, -0.2) is 9.07 Å². The first-order chi connectivity index (χ1) is 13.5. The molecule has 0 aliphatic rings. The zero-order valence-electron chi connectivity index (χ0n) is 15.3. The Hall–Kier alpha value is -3.81. The number of rotatable bonds is 4. The minimum atomic E-state index is -0.484. The number of aromatic nitrogens is 5. The number of nitrogens with one attached hydrogen (secondary N) is 2. The van der Waals surface area contributed by atoms with Crippen molar-refractivity contribution in [2.24, 2.45) is 0 Å². The Kier molecular flexibility index (Phi) is 4.44. The van der Waals surface area contributed by atoms with Gasteiger partial charge in [0.25, 0.3) is 5.91 Å². The van der Waals surface area contributed by atoms with E-state index in [-0.39, 0.29) is 5.69 Å². The highest BCUT2D eigenvalue weighted by Gasteiger charge is 2.14. The number of anilines is 1. The number of pyridine rings is 1. The number of benzene rings is 1. The second-order valence-corrected chi connectivity index (χ2v) is 6.34. The fourth-order valence-corrected chi connectivity index (χ4v) is 2.91. The average molecular weight is 376 g/mol. The quantitative estimate of drug-likeness (QED) is 0.569. The van der Waals surface area contributed by atoms with Crippen LogP contribution in [0.2, 0.25) is 0 Å². The normalized spacial score (nSPS) is 10.8. The van der Waals surface area contributed by atoms with Gasteiger partial charge in [-0.1, -0.05) is 6.07 Å². The van der Waals surface area contributed by atoms with Gasteiger partial charge in [0.1, 0.15) is 17.1 Å². The summed E-state index contributed by atoms with van der Waals surface area (Å²) in [7, 11) is 0. The second kappa shape index (κ2) is 7.07. The van der Waals surface area contributed by atoms with Crippen molar-refractivity contribution in [3.63, 3.8) is 0 Å². The van der Waals surface area contributed by atoms with E-state index in [9.17, 15) is 9.18 Å². The lowest BCUT2D eigenvalue weighted by Gasteiger charge is -2.09. The molecule has 1 amide bonds. The molecule has 0 atom stereocenters. The first kappa shape index (κ1) is 17.6. The molecule has 0 unspecified atom stereocenters. The summed E-state index contributed by atoms with van der Waals surface area (Å²) in [5, 5.41) is 13.7. The van der Waals surface area contributed by atoms with Crippen LogP contribution in [0.15, 0.2) is 54.7 Å². The van der Waals surface area contributed by atoms with Gasteiger partial charge in [-0.2, -0.15) is 10.2 Å².